The molecule has 1 saturated heterocycles. The van der Waals surface area contributed by atoms with Gasteiger partial charge in [0.15, 0.2) is 11.5 Å². The highest BCUT2D eigenvalue weighted by Gasteiger charge is 2.57. The summed E-state index contributed by atoms with van der Waals surface area (Å²) in [5.74, 6) is 0.619. The molecule has 3 fully saturated rings. The average Bonchev–Trinajstić information content (AvgIpc) is 3.14. The number of hydrogen-bond donors (Lipinski definition) is 4. The Morgan fingerprint density at radius 2 is 1.94 bits per heavy atom. The van der Waals surface area contributed by atoms with Gasteiger partial charge in [-0.2, -0.15) is 0 Å². The second-order valence-electron chi connectivity index (χ2n) is 10.2. The lowest BCUT2D eigenvalue weighted by Gasteiger charge is -2.59. The average molecular weight is 475 g/mol. The minimum atomic E-state index is -0.844. The molecular weight excluding hydrogens is 436 g/mol. The monoisotopic (exact) mass is 474 g/mol. The minimum absolute atomic E-state index is 0.0280. The predicted octanol–water partition coefficient (Wildman–Crippen LogP) is 3.36. The molecule has 1 unspecified atom stereocenters. The van der Waals surface area contributed by atoms with E-state index in [1.165, 1.54) is 7.11 Å². The molecule has 1 aromatic rings. The van der Waals surface area contributed by atoms with Crippen molar-refractivity contribution in [2.75, 3.05) is 20.3 Å². The summed E-state index contributed by atoms with van der Waals surface area (Å²) < 4.78 is 9.69. The quantitative estimate of drug-likeness (QED) is 0.300. The van der Waals surface area contributed by atoms with Crippen LogP contribution >= 0.6 is 0 Å². The Labute approximate surface area is 201 Å². The van der Waals surface area contributed by atoms with Gasteiger partial charge in [0.1, 0.15) is 12.7 Å². The topological polar surface area (TPSA) is 116 Å². The largest absolute Gasteiger partial charge is 0.504 e. The number of phenols is 1. The van der Waals surface area contributed by atoms with E-state index < -0.39 is 23.6 Å². The predicted molar refractivity (Wildman–Crippen MR) is 128 cm³/mol. The van der Waals surface area contributed by atoms with Crippen molar-refractivity contribution < 1.29 is 34.7 Å². The number of para-hydroxylation sites is 2. The van der Waals surface area contributed by atoms with Crippen LogP contribution in [0.25, 0.3) is 0 Å². The van der Waals surface area contributed by atoms with E-state index in [1.807, 2.05) is 13.0 Å². The molecule has 0 amide bonds. The lowest BCUT2D eigenvalue weighted by Crippen LogP contribution is -2.57. The summed E-state index contributed by atoms with van der Waals surface area (Å²) in [5, 5.41) is 39.4. The van der Waals surface area contributed by atoms with Gasteiger partial charge in [0.25, 0.3) is 0 Å². The van der Waals surface area contributed by atoms with Crippen LogP contribution in [-0.2, 0) is 9.53 Å². The second-order valence-corrected chi connectivity index (χ2v) is 10.2. The standard InChI is InChI=1S/C20H30O5.C7H8O2/c1-12-4-7-16-19(2,9-8-17(23)20(16,3)11-21)14(12)6-5-13-15(22)10-25-18(13)24;1-9-7-5-3-2-4-6(7)8/h5,14-17,21-23H,1,4,6-11H2,2-3H3;2-5,8H,1H3/b13-5+;/t14-,15-,16?,17-,19+,20+;/m0./s1. The van der Waals surface area contributed by atoms with E-state index in [9.17, 15) is 20.1 Å². The molecule has 1 aliphatic heterocycles. The number of allylic oxidation sites excluding steroid dienone is 2. The number of carbonyl (C=O) groups excluding carboxylic acids is 1. The molecule has 0 aromatic heterocycles. The first-order chi connectivity index (χ1) is 16.1. The Hall–Kier alpha value is -2.35. The van der Waals surface area contributed by atoms with Crippen molar-refractivity contribution in [3.63, 3.8) is 0 Å². The number of carbonyl (C=O) groups is 1. The molecule has 0 radical (unpaired) electrons. The zero-order valence-electron chi connectivity index (χ0n) is 20.4. The maximum atomic E-state index is 11.8. The van der Waals surface area contributed by atoms with Gasteiger partial charge < -0.3 is 29.9 Å². The first-order valence-corrected chi connectivity index (χ1v) is 11.9. The number of benzene rings is 1. The van der Waals surface area contributed by atoms with Crippen LogP contribution < -0.4 is 4.74 Å². The lowest BCUT2D eigenvalue weighted by molar-refractivity contribution is -0.151. The van der Waals surface area contributed by atoms with Gasteiger partial charge in [-0.3, -0.25) is 0 Å². The van der Waals surface area contributed by atoms with Gasteiger partial charge >= 0.3 is 5.97 Å². The zero-order valence-corrected chi connectivity index (χ0v) is 20.4. The number of phenolic OH excluding ortho intramolecular Hbond substituents is 1. The summed E-state index contributed by atoms with van der Waals surface area (Å²) in [6.07, 6.45) is 4.42. The first kappa shape index (κ1) is 26.3. The number of fused-ring (bicyclic) bond motifs is 1. The molecule has 2 saturated carbocycles. The van der Waals surface area contributed by atoms with Gasteiger partial charge in [-0.1, -0.05) is 44.2 Å². The zero-order chi connectivity index (χ0) is 25.1. The summed E-state index contributed by atoms with van der Waals surface area (Å²) in [7, 11) is 1.52. The molecule has 6 atom stereocenters. The van der Waals surface area contributed by atoms with Crippen molar-refractivity contribution >= 4 is 5.97 Å². The maximum Gasteiger partial charge on any atom is 0.336 e. The van der Waals surface area contributed by atoms with E-state index in [1.54, 1.807) is 24.3 Å². The fourth-order valence-electron chi connectivity index (χ4n) is 6.19. The van der Waals surface area contributed by atoms with E-state index in [4.69, 9.17) is 14.6 Å². The lowest BCUT2D eigenvalue weighted by atomic mass is 9.46. The molecule has 34 heavy (non-hydrogen) atoms. The van der Waals surface area contributed by atoms with Crippen molar-refractivity contribution in [1.29, 1.82) is 0 Å². The SMILES string of the molecule is C=C1CCC2[C@](C)(CC[C@H](O)[C@]2(C)CO)[C@H]1C/C=C1/C(=O)OC[C@@H]1O.COc1ccccc1O. The van der Waals surface area contributed by atoms with Gasteiger partial charge in [0.05, 0.1) is 25.4 Å². The number of aliphatic hydroxyl groups is 3. The molecule has 7 nitrogen and oxygen atoms in total. The van der Waals surface area contributed by atoms with Crippen LogP contribution in [0, 0.1) is 22.7 Å². The van der Waals surface area contributed by atoms with Gasteiger partial charge in [0, 0.05) is 5.41 Å². The van der Waals surface area contributed by atoms with Gasteiger partial charge in [-0.05, 0) is 61.5 Å². The third-order valence-corrected chi connectivity index (χ3v) is 8.32. The summed E-state index contributed by atoms with van der Waals surface area (Å²) in [4.78, 5) is 11.8. The third-order valence-electron chi connectivity index (χ3n) is 8.32. The van der Waals surface area contributed by atoms with Crippen molar-refractivity contribution in [2.24, 2.45) is 22.7 Å². The Bertz CT molecular complexity index is 925. The van der Waals surface area contributed by atoms with Crippen molar-refractivity contribution in [3.8, 4) is 11.5 Å². The van der Waals surface area contributed by atoms with Gasteiger partial charge in [-0.25, -0.2) is 4.79 Å². The van der Waals surface area contributed by atoms with Crippen molar-refractivity contribution in [1.82, 2.24) is 0 Å². The maximum absolute atomic E-state index is 11.8. The number of methoxy groups -OCH3 is 1. The summed E-state index contributed by atoms with van der Waals surface area (Å²) in [6, 6.07) is 6.84. The number of aliphatic hydroxyl groups excluding tert-OH is 3. The number of ether oxygens (including phenoxy) is 2. The molecule has 1 heterocycles. The highest BCUT2D eigenvalue weighted by atomic mass is 16.6. The number of hydrogen-bond acceptors (Lipinski definition) is 7. The minimum Gasteiger partial charge on any atom is -0.504 e. The summed E-state index contributed by atoms with van der Waals surface area (Å²) in [5.41, 5.74) is 0.911. The van der Waals surface area contributed by atoms with Crippen LogP contribution in [0.15, 0.2) is 48.1 Å². The molecule has 4 N–H and O–H groups in total. The van der Waals surface area contributed by atoms with Crippen LogP contribution in [0.4, 0.5) is 0 Å². The Morgan fingerprint density at radius 3 is 2.50 bits per heavy atom. The molecule has 1 aromatic carbocycles. The normalized spacial score (nSPS) is 36.4. The molecular formula is C27H38O7. The number of esters is 1. The fourth-order valence-corrected chi connectivity index (χ4v) is 6.19. The summed E-state index contributed by atoms with van der Waals surface area (Å²) >= 11 is 0. The van der Waals surface area contributed by atoms with E-state index >= 15 is 0 Å². The number of aromatic hydroxyl groups is 1. The Morgan fingerprint density at radius 1 is 1.24 bits per heavy atom. The Kier molecular flexibility index (Phi) is 8.11. The van der Waals surface area contributed by atoms with Gasteiger partial charge in [-0.15, -0.1) is 0 Å². The number of rotatable bonds is 4. The molecule has 0 spiro atoms. The second kappa shape index (κ2) is 10.5. The highest BCUT2D eigenvalue weighted by molar-refractivity contribution is 5.91. The van der Waals surface area contributed by atoms with Crippen LogP contribution in [0.2, 0.25) is 0 Å². The summed E-state index contributed by atoms with van der Waals surface area (Å²) in [6.45, 7) is 8.50. The van der Waals surface area contributed by atoms with Gasteiger partial charge in [0.2, 0.25) is 0 Å². The van der Waals surface area contributed by atoms with Crippen LogP contribution in [0.5, 0.6) is 11.5 Å². The van der Waals surface area contributed by atoms with E-state index in [2.05, 4.69) is 13.5 Å². The third kappa shape index (κ3) is 4.88. The highest BCUT2D eigenvalue weighted by Crippen LogP contribution is 2.61. The van der Waals surface area contributed by atoms with E-state index in [0.29, 0.717) is 24.2 Å². The molecule has 188 valence electrons. The van der Waals surface area contributed by atoms with Crippen LogP contribution in [0.3, 0.4) is 0 Å². The van der Waals surface area contributed by atoms with E-state index in [-0.39, 0.29) is 36.2 Å². The molecule has 3 aliphatic rings. The van der Waals surface area contributed by atoms with Crippen molar-refractivity contribution in [2.45, 2.75) is 58.2 Å². The smallest absolute Gasteiger partial charge is 0.336 e. The first-order valence-electron chi connectivity index (χ1n) is 11.9. The fraction of sp³-hybridized carbons (Fsp3) is 0.593. The molecule has 2 aliphatic carbocycles. The number of cyclic esters (lactones) is 1. The Balaban J connectivity index is 0.000000302. The van der Waals surface area contributed by atoms with Crippen LogP contribution in [-0.4, -0.2) is 58.9 Å². The van der Waals surface area contributed by atoms with E-state index in [0.717, 1.165) is 24.8 Å². The van der Waals surface area contributed by atoms with Crippen molar-refractivity contribution in [3.05, 3.63) is 48.1 Å². The molecule has 4 rings (SSSR count). The molecule has 7 heteroatoms. The van der Waals surface area contributed by atoms with Crippen LogP contribution in [0.1, 0.15) is 46.0 Å². The molecule has 0 bridgehead atoms.